The third kappa shape index (κ3) is 2.21. The minimum Gasteiger partial charge on any atom is -0.497 e. The summed E-state index contributed by atoms with van der Waals surface area (Å²) in [4.78, 5) is 15.8. The highest BCUT2D eigenvalue weighted by molar-refractivity contribution is 6.11. The van der Waals surface area contributed by atoms with Crippen LogP contribution in [0, 0.1) is 0 Å². The first-order valence-corrected chi connectivity index (χ1v) is 9.82. The molecule has 0 radical (unpaired) electrons. The minimum absolute atomic E-state index is 0.0112. The number of carbonyl (C=O) groups is 1. The van der Waals surface area contributed by atoms with E-state index in [-0.39, 0.29) is 19.3 Å². The van der Waals surface area contributed by atoms with Crippen LogP contribution in [0.25, 0.3) is 0 Å². The fraction of sp³-hybridized carbons (Fsp3) is 0.208. The largest absolute Gasteiger partial charge is 0.497 e. The first-order chi connectivity index (χ1) is 14.7. The van der Waals surface area contributed by atoms with Gasteiger partial charge in [-0.3, -0.25) is 4.79 Å². The lowest BCUT2D eigenvalue weighted by Crippen LogP contribution is -2.42. The first-order valence-electron chi connectivity index (χ1n) is 9.82. The van der Waals surface area contributed by atoms with E-state index in [0.717, 1.165) is 28.1 Å². The molecule has 3 aliphatic rings. The van der Waals surface area contributed by atoms with Crippen molar-refractivity contribution in [3.05, 3.63) is 77.4 Å². The Morgan fingerprint density at radius 3 is 2.50 bits per heavy atom. The van der Waals surface area contributed by atoms with Crippen molar-refractivity contribution in [1.29, 1.82) is 0 Å². The van der Waals surface area contributed by atoms with Crippen molar-refractivity contribution in [3.8, 4) is 23.0 Å². The Balaban J connectivity index is 1.46. The van der Waals surface area contributed by atoms with Gasteiger partial charge in [-0.15, -0.1) is 0 Å². The maximum atomic E-state index is 13.9. The van der Waals surface area contributed by atoms with E-state index >= 15 is 0 Å². The van der Waals surface area contributed by atoms with Crippen LogP contribution in [0.15, 0.2) is 60.7 Å². The van der Waals surface area contributed by atoms with E-state index in [1.807, 2.05) is 65.6 Å². The van der Waals surface area contributed by atoms with Gasteiger partial charge in [0, 0.05) is 17.3 Å². The number of amides is 1. The van der Waals surface area contributed by atoms with Gasteiger partial charge in [-0.2, -0.15) is 0 Å². The zero-order valence-electron chi connectivity index (χ0n) is 16.4. The summed E-state index contributed by atoms with van der Waals surface area (Å²) in [5.41, 5.74) is 2.86. The predicted molar refractivity (Wildman–Crippen MR) is 109 cm³/mol. The average molecular weight is 401 g/mol. The Morgan fingerprint density at radius 1 is 0.933 bits per heavy atom. The molecule has 0 aliphatic carbocycles. The van der Waals surface area contributed by atoms with E-state index in [9.17, 15) is 4.79 Å². The molecule has 3 aromatic rings. The molecule has 1 atom stereocenters. The minimum atomic E-state index is -0.876. The molecule has 1 amide bonds. The van der Waals surface area contributed by atoms with Gasteiger partial charge in [0.2, 0.25) is 12.7 Å². The molecule has 0 saturated heterocycles. The lowest BCUT2D eigenvalue weighted by molar-refractivity contribution is -0.122. The Morgan fingerprint density at radius 2 is 1.70 bits per heavy atom. The van der Waals surface area contributed by atoms with Crippen molar-refractivity contribution < 1.29 is 23.7 Å². The molecular weight excluding hydrogens is 382 g/mol. The Hall–Kier alpha value is -3.67. The van der Waals surface area contributed by atoms with E-state index in [0.29, 0.717) is 23.8 Å². The third-order valence-corrected chi connectivity index (χ3v) is 6.14. The first kappa shape index (κ1) is 17.2. The summed E-state index contributed by atoms with van der Waals surface area (Å²) in [5.74, 6) is 2.78. The molecule has 0 bridgehead atoms. The van der Waals surface area contributed by atoms with Crippen molar-refractivity contribution in [3.63, 3.8) is 0 Å². The fourth-order valence-electron chi connectivity index (χ4n) is 4.64. The molecule has 0 saturated carbocycles. The highest BCUT2D eigenvalue weighted by Gasteiger charge is 2.57. The van der Waals surface area contributed by atoms with Crippen LogP contribution < -0.4 is 23.8 Å². The third-order valence-electron chi connectivity index (χ3n) is 6.14. The predicted octanol–water partition coefficient (Wildman–Crippen LogP) is 3.65. The Labute approximate surface area is 173 Å². The molecule has 0 aromatic heterocycles. The van der Waals surface area contributed by atoms with Crippen molar-refractivity contribution in [2.45, 2.75) is 12.0 Å². The molecule has 3 heterocycles. The van der Waals surface area contributed by atoms with Gasteiger partial charge in [0.15, 0.2) is 11.5 Å². The molecule has 1 unspecified atom stereocenters. The molecule has 3 aliphatic heterocycles. The smallest absolute Gasteiger partial charge is 0.246 e. The number of hydrogen-bond acceptors (Lipinski definition) is 5. The van der Waals surface area contributed by atoms with Crippen LogP contribution in [0.1, 0.15) is 16.7 Å². The summed E-state index contributed by atoms with van der Waals surface area (Å²) in [7, 11) is 1.64. The van der Waals surface area contributed by atoms with E-state index in [4.69, 9.17) is 18.9 Å². The van der Waals surface area contributed by atoms with Gasteiger partial charge >= 0.3 is 0 Å². The number of rotatable bonds is 3. The maximum absolute atomic E-state index is 13.9. The number of fused-ring (bicyclic) bond motifs is 5. The number of para-hydroxylation sites is 1. The molecule has 150 valence electrons. The fourth-order valence-corrected chi connectivity index (χ4v) is 4.64. The van der Waals surface area contributed by atoms with Gasteiger partial charge in [0.05, 0.1) is 13.7 Å². The highest BCUT2D eigenvalue weighted by Crippen LogP contribution is 2.55. The van der Waals surface area contributed by atoms with Crippen LogP contribution >= 0.6 is 0 Å². The van der Waals surface area contributed by atoms with Crippen molar-refractivity contribution in [1.82, 2.24) is 0 Å². The quantitative estimate of drug-likeness (QED) is 0.671. The van der Waals surface area contributed by atoms with Crippen molar-refractivity contribution >= 4 is 11.6 Å². The maximum Gasteiger partial charge on any atom is 0.246 e. The van der Waals surface area contributed by atoms with E-state index < -0.39 is 5.41 Å². The number of anilines is 1. The van der Waals surface area contributed by atoms with Crippen LogP contribution in [0.5, 0.6) is 23.0 Å². The lowest BCUT2D eigenvalue weighted by Gasteiger charge is -2.23. The van der Waals surface area contributed by atoms with Crippen molar-refractivity contribution in [2.24, 2.45) is 0 Å². The van der Waals surface area contributed by atoms with Crippen molar-refractivity contribution in [2.75, 3.05) is 25.4 Å². The Bertz CT molecular complexity index is 1170. The zero-order chi connectivity index (χ0) is 20.3. The van der Waals surface area contributed by atoms with Gasteiger partial charge in [-0.1, -0.05) is 30.3 Å². The van der Waals surface area contributed by atoms with Gasteiger partial charge in [-0.25, -0.2) is 0 Å². The van der Waals surface area contributed by atoms with E-state index in [1.165, 1.54) is 0 Å². The molecule has 30 heavy (non-hydrogen) atoms. The summed E-state index contributed by atoms with van der Waals surface area (Å²) < 4.78 is 22.3. The van der Waals surface area contributed by atoms with Gasteiger partial charge in [0.1, 0.15) is 23.5 Å². The highest BCUT2D eigenvalue weighted by atomic mass is 16.7. The SMILES string of the molecule is COc1ccc(CN2C(=O)C3(COc4cc5c(cc43)OCO5)c3ccccc32)cc1. The standard InChI is InChI=1S/C24H19NO5/c1-27-16-8-6-15(7-9-16)12-25-19-5-3-2-4-17(19)24(23(25)26)13-28-20-11-22-21(10-18(20)24)29-14-30-22/h2-11H,12-14H2,1H3. The lowest BCUT2D eigenvalue weighted by atomic mass is 9.77. The normalized spacial score (nSPS) is 20.3. The molecular formula is C24H19NO5. The average Bonchev–Trinajstić information content (AvgIpc) is 3.46. The molecule has 6 heteroatoms. The molecule has 0 N–H and O–H groups in total. The summed E-state index contributed by atoms with van der Waals surface area (Å²) in [6, 6.07) is 19.5. The summed E-state index contributed by atoms with van der Waals surface area (Å²) in [6.45, 7) is 0.918. The van der Waals surface area contributed by atoms with Crippen LogP contribution in [0.4, 0.5) is 5.69 Å². The second-order valence-corrected chi connectivity index (χ2v) is 7.65. The second kappa shape index (κ2) is 6.16. The van der Waals surface area contributed by atoms with Crippen LogP contribution in [-0.2, 0) is 16.8 Å². The topological polar surface area (TPSA) is 57.2 Å². The second-order valence-electron chi connectivity index (χ2n) is 7.65. The molecule has 6 rings (SSSR count). The zero-order valence-corrected chi connectivity index (χ0v) is 16.4. The molecule has 6 nitrogen and oxygen atoms in total. The summed E-state index contributed by atoms with van der Waals surface area (Å²) in [5, 5.41) is 0. The van der Waals surface area contributed by atoms with Crippen LogP contribution in [0.2, 0.25) is 0 Å². The number of ether oxygens (including phenoxy) is 4. The Kier molecular flexibility index (Phi) is 3.53. The molecule has 1 spiro atoms. The molecule has 0 fully saturated rings. The van der Waals surface area contributed by atoms with Gasteiger partial charge in [-0.05, 0) is 35.4 Å². The summed E-state index contributed by atoms with van der Waals surface area (Å²) >= 11 is 0. The number of benzene rings is 3. The van der Waals surface area contributed by atoms with Gasteiger partial charge in [0.25, 0.3) is 0 Å². The number of nitrogens with zero attached hydrogens (tertiary/aromatic N) is 1. The monoisotopic (exact) mass is 401 g/mol. The van der Waals surface area contributed by atoms with Crippen LogP contribution in [0.3, 0.4) is 0 Å². The van der Waals surface area contributed by atoms with E-state index in [1.54, 1.807) is 7.11 Å². The van der Waals surface area contributed by atoms with Crippen LogP contribution in [-0.4, -0.2) is 26.4 Å². The number of methoxy groups -OCH3 is 1. The number of hydrogen-bond donors (Lipinski definition) is 0. The molecule has 3 aromatic carbocycles. The summed E-state index contributed by atoms with van der Waals surface area (Å²) in [6.07, 6.45) is 0. The number of carbonyl (C=O) groups excluding carboxylic acids is 1. The van der Waals surface area contributed by atoms with E-state index in [2.05, 4.69) is 0 Å². The van der Waals surface area contributed by atoms with Gasteiger partial charge < -0.3 is 23.8 Å².